The summed E-state index contributed by atoms with van der Waals surface area (Å²) in [5, 5.41) is 21.0. The number of hydrogen-bond donors (Lipinski definition) is 3. The summed E-state index contributed by atoms with van der Waals surface area (Å²) in [6, 6.07) is 0. The number of fused-ring (bicyclic) bond motifs is 1. The van der Waals surface area contributed by atoms with Gasteiger partial charge in [-0.2, -0.15) is 0 Å². The quantitative estimate of drug-likeness (QED) is 0.643. The molecule has 0 aromatic heterocycles. The van der Waals surface area contributed by atoms with Crippen LogP contribution in [0.1, 0.15) is 58.8 Å². The smallest absolute Gasteiger partial charge is 0.0621 e. The fourth-order valence-corrected chi connectivity index (χ4v) is 6.94. The molecule has 0 radical (unpaired) electrons. The SMILES string of the molecule is C=C1C(CN)CC2[C@H](CCN(C)C)C(C3(C)CCC(O)CC3O)CCC12C. The summed E-state index contributed by atoms with van der Waals surface area (Å²) < 4.78 is 0. The minimum Gasteiger partial charge on any atom is -0.393 e. The van der Waals surface area contributed by atoms with Gasteiger partial charge < -0.3 is 20.8 Å². The lowest BCUT2D eigenvalue weighted by molar-refractivity contribution is -0.121. The molecule has 3 fully saturated rings. The van der Waals surface area contributed by atoms with Crippen molar-refractivity contribution in [3.63, 3.8) is 0 Å². The molecule has 3 rings (SSSR count). The second-order valence-electron chi connectivity index (χ2n) is 10.6. The van der Waals surface area contributed by atoms with Gasteiger partial charge in [0, 0.05) is 0 Å². The Labute approximate surface area is 166 Å². The molecular weight excluding hydrogens is 336 g/mol. The number of rotatable bonds is 5. The molecule has 3 saturated carbocycles. The first kappa shape index (κ1) is 21.3. The van der Waals surface area contributed by atoms with Gasteiger partial charge in [-0.25, -0.2) is 0 Å². The summed E-state index contributed by atoms with van der Waals surface area (Å²) in [7, 11) is 4.31. The third kappa shape index (κ3) is 3.63. The van der Waals surface area contributed by atoms with Crippen LogP contribution in [-0.4, -0.2) is 54.5 Å². The van der Waals surface area contributed by atoms with Gasteiger partial charge in [0.15, 0.2) is 0 Å². The van der Waals surface area contributed by atoms with Crippen molar-refractivity contribution in [2.24, 2.45) is 40.2 Å². The maximum absolute atomic E-state index is 11.0. The minimum atomic E-state index is -0.396. The summed E-state index contributed by atoms with van der Waals surface area (Å²) in [6.07, 6.45) is 6.22. The van der Waals surface area contributed by atoms with Crippen molar-refractivity contribution >= 4 is 0 Å². The van der Waals surface area contributed by atoms with Gasteiger partial charge in [0.05, 0.1) is 12.2 Å². The normalized spacial score (nSPS) is 48.1. The van der Waals surface area contributed by atoms with Gasteiger partial charge in [-0.3, -0.25) is 0 Å². The summed E-state index contributed by atoms with van der Waals surface area (Å²) in [5.74, 6) is 2.18. The first-order valence-electron chi connectivity index (χ1n) is 11.0. The molecule has 7 unspecified atom stereocenters. The molecule has 0 bridgehead atoms. The summed E-state index contributed by atoms with van der Waals surface area (Å²) in [6.45, 7) is 11.0. The van der Waals surface area contributed by atoms with E-state index in [0.29, 0.717) is 36.6 Å². The van der Waals surface area contributed by atoms with Crippen molar-refractivity contribution < 1.29 is 10.2 Å². The van der Waals surface area contributed by atoms with E-state index in [1.807, 2.05) is 0 Å². The number of nitrogens with two attached hydrogens (primary N) is 1. The van der Waals surface area contributed by atoms with E-state index < -0.39 is 6.10 Å². The number of aliphatic hydroxyl groups excluding tert-OH is 2. The van der Waals surface area contributed by atoms with E-state index in [9.17, 15) is 10.2 Å². The zero-order valence-electron chi connectivity index (χ0n) is 18.0. The van der Waals surface area contributed by atoms with E-state index in [-0.39, 0.29) is 16.9 Å². The number of hydrogen-bond acceptors (Lipinski definition) is 4. The van der Waals surface area contributed by atoms with Crippen LogP contribution in [0.2, 0.25) is 0 Å². The van der Waals surface area contributed by atoms with E-state index in [4.69, 9.17) is 5.73 Å². The second kappa shape index (κ2) is 7.78. The zero-order valence-corrected chi connectivity index (χ0v) is 18.0. The third-order valence-electron chi connectivity index (χ3n) is 8.91. The molecule has 0 aromatic rings. The topological polar surface area (TPSA) is 69.7 Å². The molecule has 0 spiro atoms. The Balaban J connectivity index is 1.91. The minimum absolute atomic E-state index is 0.0837. The van der Waals surface area contributed by atoms with Crippen molar-refractivity contribution in [3.05, 3.63) is 12.2 Å². The monoisotopic (exact) mass is 378 g/mol. The standard InChI is InChI=1S/C23H42N2O2/c1-15-16(14-24)12-20-18(8-11-25(4)5)19(7-10-22(15,20)2)23(3)9-6-17(26)13-21(23)27/h16-21,26-27H,1,6-14,24H2,2-5H3/t16?,17?,18-,19?,20?,21?,22?,23?/m1/s1. The molecule has 4 N–H and O–H groups in total. The molecule has 4 nitrogen and oxygen atoms in total. The van der Waals surface area contributed by atoms with Crippen LogP contribution < -0.4 is 5.73 Å². The maximum Gasteiger partial charge on any atom is 0.0621 e. The van der Waals surface area contributed by atoms with Crippen LogP contribution >= 0.6 is 0 Å². The second-order valence-corrected chi connectivity index (χ2v) is 10.6. The molecule has 156 valence electrons. The molecule has 8 atom stereocenters. The lowest BCUT2D eigenvalue weighted by Gasteiger charge is -2.56. The number of nitrogens with zero attached hydrogens (tertiary/aromatic N) is 1. The van der Waals surface area contributed by atoms with Crippen LogP contribution in [0, 0.1) is 34.5 Å². The van der Waals surface area contributed by atoms with Crippen molar-refractivity contribution in [3.8, 4) is 0 Å². The van der Waals surface area contributed by atoms with Gasteiger partial charge in [0.2, 0.25) is 0 Å². The van der Waals surface area contributed by atoms with Gasteiger partial charge in [-0.15, -0.1) is 0 Å². The van der Waals surface area contributed by atoms with Crippen LogP contribution in [0.25, 0.3) is 0 Å². The van der Waals surface area contributed by atoms with Gasteiger partial charge >= 0.3 is 0 Å². The van der Waals surface area contributed by atoms with Gasteiger partial charge in [-0.1, -0.05) is 26.0 Å². The van der Waals surface area contributed by atoms with Crippen molar-refractivity contribution in [1.29, 1.82) is 0 Å². The van der Waals surface area contributed by atoms with E-state index in [2.05, 4.69) is 39.4 Å². The molecular formula is C23H42N2O2. The largest absolute Gasteiger partial charge is 0.393 e. The Morgan fingerprint density at radius 1 is 1.11 bits per heavy atom. The average Bonchev–Trinajstić information content (AvgIpc) is 2.87. The van der Waals surface area contributed by atoms with E-state index in [0.717, 1.165) is 32.2 Å². The van der Waals surface area contributed by atoms with Crippen LogP contribution in [0.3, 0.4) is 0 Å². The van der Waals surface area contributed by atoms with Crippen LogP contribution in [0.15, 0.2) is 12.2 Å². The molecule has 0 saturated heterocycles. The molecule has 0 heterocycles. The molecule has 27 heavy (non-hydrogen) atoms. The van der Waals surface area contributed by atoms with Gasteiger partial charge in [-0.05, 0) is 107 Å². The van der Waals surface area contributed by atoms with E-state index in [1.165, 1.54) is 18.4 Å². The summed E-state index contributed by atoms with van der Waals surface area (Å²) in [5.41, 5.74) is 7.61. The third-order valence-corrected chi connectivity index (χ3v) is 8.91. The van der Waals surface area contributed by atoms with Crippen LogP contribution in [-0.2, 0) is 0 Å². The highest BCUT2D eigenvalue weighted by molar-refractivity contribution is 5.24. The Kier molecular flexibility index (Phi) is 6.13. The Morgan fingerprint density at radius 3 is 2.41 bits per heavy atom. The van der Waals surface area contributed by atoms with Crippen molar-refractivity contribution in [2.45, 2.75) is 71.0 Å². The van der Waals surface area contributed by atoms with Gasteiger partial charge in [0.25, 0.3) is 0 Å². The Bertz CT molecular complexity index is 550. The van der Waals surface area contributed by atoms with E-state index in [1.54, 1.807) is 0 Å². The van der Waals surface area contributed by atoms with Gasteiger partial charge in [0.1, 0.15) is 0 Å². The lowest BCUT2D eigenvalue weighted by atomic mass is 9.50. The molecule has 0 aliphatic heterocycles. The molecule has 3 aliphatic rings. The van der Waals surface area contributed by atoms with Crippen molar-refractivity contribution in [1.82, 2.24) is 4.90 Å². The zero-order chi connectivity index (χ0) is 20.0. The fraction of sp³-hybridized carbons (Fsp3) is 0.913. The predicted molar refractivity (Wildman–Crippen MR) is 111 cm³/mol. The highest BCUT2D eigenvalue weighted by Crippen LogP contribution is 2.64. The van der Waals surface area contributed by atoms with E-state index >= 15 is 0 Å². The predicted octanol–water partition coefficient (Wildman–Crippen LogP) is 3.03. The first-order chi connectivity index (χ1) is 12.6. The maximum atomic E-state index is 11.0. The van der Waals surface area contributed by atoms with Crippen molar-refractivity contribution in [2.75, 3.05) is 27.2 Å². The molecule has 0 aromatic carbocycles. The van der Waals surface area contributed by atoms with Crippen LogP contribution in [0.5, 0.6) is 0 Å². The summed E-state index contributed by atoms with van der Waals surface area (Å²) in [4.78, 5) is 2.29. The number of aliphatic hydroxyl groups is 2. The summed E-state index contributed by atoms with van der Waals surface area (Å²) >= 11 is 0. The Hall–Kier alpha value is -0.420. The molecule has 3 aliphatic carbocycles. The molecule has 4 heteroatoms. The fourth-order valence-electron chi connectivity index (χ4n) is 6.94. The van der Waals surface area contributed by atoms with Crippen LogP contribution in [0.4, 0.5) is 0 Å². The first-order valence-corrected chi connectivity index (χ1v) is 11.0. The average molecular weight is 379 g/mol. The lowest BCUT2D eigenvalue weighted by Crippen LogP contribution is -2.52. The highest BCUT2D eigenvalue weighted by Gasteiger charge is 2.58. The Morgan fingerprint density at radius 2 is 1.81 bits per heavy atom. The highest BCUT2D eigenvalue weighted by atomic mass is 16.3. The molecule has 0 amide bonds.